The number of rotatable bonds is 6. The van der Waals surface area contributed by atoms with Crippen LogP contribution in [0.25, 0.3) is 11.3 Å². The minimum Gasteiger partial charge on any atom is -0.482 e. The molecule has 176 valence electrons. The van der Waals surface area contributed by atoms with Gasteiger partial charge < -0.3 is 19.5 Å². The van der Waals surface area contributed by atoms with Crippen molar-refractivity contribution < 1.29 is 14.3 Å². The molecular weight excluding hydrogens is 448 g/mol. The molecule has 0 unspecified atom stereocenters. The van der Waals surface area contributed by atoms with E-state index in [4.69, 9.17) is 9.73 Å². The van der Waals surface area contributed by atoms with Crippen LogP contribution in [0, 0.1) is 13.8 Å². The first-order valence-electron chi connectivity index (χ1n) is 11.6. The third kappa shape index (κ3) is 4.63. The molecular formula is C26H28N4O3S. The summed E-state index contributed by atoms with van der Waals surface area (Å²) in [5, 5.41) is 5.00. The van der Waals surface area contributed by atoms with E-state index < -0.39 is 0 Å². The van der Waals surface area contributed by atoms with Gasteiger partial charge in [0.05, 0.1) is 17.1 Å². The highest BCUT2D eigenvalue weighted by Crippen LogP contribution is 2.33. The number of amides is 2. The first-order chi connectivity index (χ1) is 16.5. The lowest BCUT2D eigenvalue weighted by Gasteiger charge is -2.19. The van der Waals surface area contributed by atoms with E-state index in [9.17, 15) is 9.59 Å². The molecule has 34 heavy (non-hydrogen) atoms. The monoisotopic (exact) mass is 476 g/mol. The maximum absolute atomic E-state index is 12.0. The van der Waals surface area contributed by atoms with Crippen LogP contribution in [0.3, 0.4) is 0 Å². The molecule has 0 spiro atoms. The standard InChI is InChI=1S/C26H28N4O3S/c1-17-6-8-20(18(2)13-17)28-26-30(12-4-11-29-10-3-5-25(29)32)22(16-34-26)19-7-9-23-21(14-19)27-24(31)15-33-23/h6-9,13-14,16H,3-5,10-12,15H2,1-2H3,(H,27,31). The van der Waals surface area contributed by atoms with Crippen molar-refractivity contribution in [3.05, 3.63) is 57.7 Å². The summed E-state index contributed by atoms with van der Waals surface area (Å²) in [6.45, 7) is 6.54. The third-order valence-electron chi connectivity index (χ3n) is 6.26. The highest BCUT2D eigenvalue weighted by molar-refractivity contribution is 7.07. The maximum atomic E-state index is 12.0. The zero-order valence-corrected chi connectivity index (χ0v) is 20.3. The van der Waals surface area contributed by atoms with E-state index in [0.717, 1.165) is 59.8 Å². The second-order valence-electron chi connectivity index (χ2n) is 8.84. The number of nitrogens with zero attached hydrogens (tertiary/aromatic N) is 3. The number of aromatic nitrogens is 1. The SMILES string of the molecule is Cc1ccc(N=c2scc(-c3ccc4c(c3)NC(=O)CO4)n2CCCN2CCCC2=O)c(C)c1. The van der Waals surface area contributed by atoms with Gasteiger partial charge in [0, 0.05) is 37.0 Å². The van der Waals surface area contributed by atoms with E-state index in [2.05, 4.69) is 47.3 Å². The molecule has 0 saturated carbocycles. The quantitative estimate of drug-likeness (QED) is 0.573. The Morgan fingerprint density at radius 3 is 2.79 bits per heavy atom. The van der Waals surface area contributed by atoms with Crippen LogP contribution in [0.15, 0.2) is 46.8 Å². The van der Waals surface area contributed by atoms with Crippen molar-refractivity contribution in [2.75, 3.05) is 25.0 Å². The summed E-state index contributed by atoms with van der Waals surface area (Å²) in [6, 6.07) is 12.1. The molecule has 5 rings (SSSR count). The van der Waals surface area contributed by atoms with E-state index in [0.29, 0.717) is 17.9 Å². The predicted octanol–water partition coefficient (Wildman–Crippen LogP) is 4.41. The minimum absolute atomic E-state index is 0.0406. The molecule has 1 N–H and O–H groups in total. The van der Waals surface area contributed by atoms with Crippen LogP contribution in [-0.4, -0.2) is 41.0 Å². The van der Waals surface area contributed by atoms with Gasteiger partial charge in [0.25, 0.3) is 5.91 Å². The number of thiazole rings is 1. The number of ether oxygens (including phenoxy) is 1. The number of anilines is 1. The Balaban J connectivity index is 1.51. The fraction of sp³-hybridized carbons (Fsp3) is 0.346. The van der Waals surface area contributed by atoms with Crippen molar-refractivity contribution in [3.8, 4) is 17.0 Å². The minimum atomic E-state index is -0.149. The zero-order valence-electron chi connectivity index (χ0n) is 19.5. The molecule has 2 aromatic carbocycles. The molecule has 2 amide bonds. The van der Waals surface area contributed by atoms with E-state index in [1.807, 2.05) is 23.1 Å². The number of hydrogen-bond donors (Lipinski definition) is 1. The second kappa shape index (κ2) is 9.46. The molecule has 0 aliphatic carbocycles. The van der Waals surface area contributed by atoms with E-state index in [1.54, 1.807) is 11.3 Å². The fourth-order valence-corrected chi connectivity index (χ4v) is 5.45. The Morgan fingerprint density at radius 1 is 1.12 bits per heavy atom. The first kappa shape index (κ1) is 22.4. The molecule has 0 atom stereocenters. The Bertz CT molecular complexity index is 1320. The average Bonchev–Trinajstić information content (AvgIpc) is 3.41. The number of carbonyl (C=O) groups excluding carboxylic acids is 2. The van der Waals surface area contributed by atoms with Gasteiger partial charge in [-0.3, -0.25) is 9.59 Å². The van der Waals surface area contributed by atoms with Crippen LogP contribution in [-0.2, 0) is 16.1 Å². The van der Waals surface area contributed by atoms with Crippen LogP contribution in [0.1, 0.15) is 30.4 Å². The molecule has 2 aliphatic heterocycles. The van der Waals surface area contributed by atoms with Gasteiger partial charge in [-0.15, -0.1) is 11.3 Å². The molecule has 8 heteroatoms. The highest BCUT2D eigenvalue weighted by Gasteiger charge is 2.20. The molecule has 3 heterocycles. The number of nitrogens with one attached hydrogen (secondary N) is 1. The first-order valence-corrected chi connectivity index (χ1v) is 12.5. The summed E-state index contributed by atoms with van der Waals surface area (Å²) >= 11 is 1.60. The molecule has 1 aromatic heterocycles. The van der Waals surface area contributed by atoms with Gasteiger partial charge in [0.2, 0.25) is 5.91 Å². The lowest BCUT2D eigenvalue weighted by atomic mass is 10.1. The number of aryl methyl sites for hydroxylation is 2. The Morgan fingerprint density at radius 2 is 2.00 bits per heavy atom. The number of likely N-dealkylation sites (tertiary alicyclic amines) is 1. The largest absolute Gasteiger partial charge is 0.482 e. The number of hydrogen-bond acceptors (Lipinski definition) is 5. The van der Waals surface area contributed by atoms with Gasteiger partial charge >= 0.3 is 0 Å². The Labute approximate surface area is 202 Å². The summed E-state index contributed by atoms with van der Waals surface area (Å²) in [5.74, 6) is 0.780. The summed E-state index contributed by atoms with van der Waals surface area (Å²) in [6.07, 6.45) is 2.46. The van der Waals surface area contributed by atoms with Gasteiger partial charge in [0.15, 0.2) is 11.4 Å². The summed E-state index contributed by atoms with van der Waals surface area (Å²) in [7, 11) is 0. The lowest BCUT2D eigenvalue weighted by Crippen LogP contribution is -2.27. The molecule has 7 nitrogen and oxygen atoms in total. The lowest BCUT2D eigenvalue weighted by molar-refractivity contribution is -0.127. The van der Waals surface area contributed by atoms with Gasteiger partial charge in [-0.25, -0.2) is 4.99 Å². The van der Waals surface area contributed by atoms with Gasteiger partial charge in [-0.2, -0.15) is 0 Å². The van der Waals surface area contributed by atoms with Gasteiger partial charge in [-0.05, 0) is 56.5 Å². The van der Waals surface area contributed by atoms with Gasteiger partial charge in [-0.1, -0.05) is 17.7 Å². The molecule has 0 radical (unpaired) electrons. The molecule has 1 saturated heterocycles. The van der Waals surface area contributed by atoms with Gasteiger partial charge in [0.1, 0.15) is 5.75 Å². The molecule has 1 fully saturated rings. The molecule has 2 aliphatic rings. The van der Waals surface area contributed by atoms with E-state index in [1.165, 1.54) is 5.56 Å². The van der Waals surface area contributed by atoms with Crippen molar-refractivity contribution in [3.63, 3.8) is 0 Å². The number of fused-ring (bicyclic) bond motifs is 1. The molecule has 3 aromatic rings. The number of carbonyl (C=O) groups is 2. The normalized spacial score (nSPS) is 15.9. The second-order valence-corrected chi connectivity index (χ2v) is 9.68. The fourth-order valence-electron chi connectivity index (χ4n) is 4.50. The maximum Gasteiger partial charge on any atom is 0.262 e. The molecule has 0 bridgehead atoms. The van der Waals surface area contributed by atoms with Crippen molar-refractivity contribution in [2.45, 2.75) is 39.7 Å². The van der Waals surface area contributed by atoms with Crippen molar-refractivity contribution >= 4 is 34.5 Å². The van der Waals surface area contributed by atoms with Crippen molar-refractivity contribution in [1.82, 2.24) is 9.47 Å². The van der Waals surface area contributed by atoms with E-state index >= 15 is 0 Å². The van der Waals surface area contributed by atoms with Crippen molar-refractivity contribution in [2.24, 2.45) is 4.99 Å². The predicted molar refractivity (Wildman–Crippen MR) is 133 cm³/mol. The smallest absolute Gasteiger partial charge is 0.262 e. The third-order valence-corrected chi connectivity index (χ3v) is 7.12. The van der Waals surface area contributed by atoms with Crippen LogP contribution < -0.4 is 14.9 Å². The van der Waals surface area contributed by atoms with Crippen LogP contribution in [0.2, 0.25) is 0 Å². The van der Waals surface area contributed by atoms with E-state index in [-0.39, 0.29) is 18.4 Å². The summed E-state index contributed by atoms with van der Waals surface area (Å²) in [5.41, 5.74) is 6.00. The van der Waals surface area contributed by atoms with Crippen LogP contribution in [0.4, 0.5) is 11.4 Å². The summed E-state index contributed by atoms with van der Waals surface area (Å²) < 4.78 is 7.74. The van der Waals surface area contributed by atoms with Crippen molar-refractivity contribution in [1.29, 1.82) is 0 Å². The highest BCUT2D eigenvalue weighted by atomic mass is 32.1. The average molecular weight is 477 g/mol. The topological polar surface area (TPSA) is 75.9 Å². The summed E-state index contributed by atoms with van der Waals surface area (Å²) in [4.78, 5) is 31.7. The zero-order chi connectivity index (χ0) is 23.7. The van der Waals surface area contributed by atoms with Crippen LogP contribution >= 0.6 is 11.3 Å². The number of benzene rings is 2. The Hall–Kier alpha value is -3.39. The van der Waals surface area contributed by atoms with Crippen LogP contribution in [0.5, 0.6) is 5.75 Å². The Kier molecular flexibility index (Phi) is 6.24.